The molecule has 0 aliphatic rings. The summed E-state index contributed by atoms with van der Waals surface area (Å²) < 4.78 is 6.71. The molecule has 7 heteroatoms. The molecule has 0 bridgehead atoms. The van der Waals surface area contributed by atoms with Crippen molar-refractivity contribution in [1.82, 2.24) is 14.9 Å². The lowest BCUT2D eigenvalue weighted by Crippen LogP contribution is -2.29. The van der Waals surface area contributed by atoms with Gasteiger partial charge in [-0.15, -0.1) is 10.2 Å². The number of aryl methyl sites for hydroxylation is 2. The first-order valence-electron chi connectivity index (χ1n) is 5.92. The van der Waals surface area contributed by atoms with E-state index in [2.05, 4.69) is 15.3 Å². The molecule has 0 aliphatic heterocycles. The molecule has 1 heterocycles. The lowest BCUT2D eigenvalue weighted by atomic mass is 10.2. The molecule has 0 amide bonds. The number of hydrogen-bond acceptors (Lipinski definition) is 6. The van der Waals surface area contributed by atoms with Gasteiger partial charge < -0.3 is 14.6 Å². The monoisotopic (exact) mass is 273 g/mol. The smallest absolute Gasteiger partial charge is 0.151 e. The van der Waals surface area contributed by atoms with Gasteiger partial charge >= 0.3 is 0 Å². The number of carboxylic acid groups (broad SMARTS) is 1. The molecule has 1 aromatic heterocycles. The number of benzene rings is 1. The Morgan fingerprint density at radius 3 is 2.65 bits per heavy atom. The number of hydrogen-bond donors (Lipinski definition) is 0. The van der Waals surface area contributed by atoms with Crippen LogP contribution in [0.3, 0.4) is 0 Å². The van der Waals surface area contributed by atoms with Crippen LogP contribution >= 0.6 is 0 Å². The maximum absolute atomic E-state index is 10.4. The second-order valence-electron chi connectivity index (χ2n) is 4.05. The minimum absolute atomic E-state index is 0.420. The van der Waals surface area contributed by atoms with Crippen molar-refractivity contribution in [2.75, 3.05) is 6.61 Å². The van der Waals surface area contributed by atoms with Crippen molar-refractivity contribution in [2.24, 2.45) is 5.10 Å². The van der Waals surface area contributed by atoms with E-state index in [0.717, 1.165) is 0 Å². The van der Waals surface area contributed by atoms with Crippen LogP contribution in [0.1, 0.15) is 17.2 Å². The normalized spacial score (nSPS) is 10.9. The highest BCUT2D eigenvalue weighted by Crippen LogP contribution is 2.15. The van der Waals surface area contributed by atoms with Crippen molar-refractivity contribution in [2.45, 2.75) is 13.8 Å². The third-order valence-corrected chi connectivity index (χ3v) is 2.53. The van der Waals surface area contributed by atoms with Crippen LogP contribution in [0.4, 0.5) is 0 Å². The fourth-order valence-corrected chi connectivity index (χ4v) is 1.61. The molecule has 0 aliphatic carbocycles. The Balaban J connectivity index is 2.23. The quantitative estimate of drug-likeness (QED) is 0.710. The van der Waals surface area contributed by atoms with E-state index in [1.54, 1.807) is 49.0 Å². The molecule has 0 radical (unpaired) electrons. The molecule has 104 valence electrons. The topological polar surface area (TPSA) is 92.4 Å². The maximum atomic E-state index is 10.4. The van der Waals surface area contributed by atoms with Crippen LogP contribution in [-0.4, -0.2) is 33.7 Å². The Morgan fingerprint density at radius 1 is 1.35 bits per heavy atom. The number of ether oxygens (including phenoxy) is 1. The minimum Gasteiger partial charge on any atom is -0.546 e. The number of carbonyl (C=O) groups is 1. The molecular weight excluding hydrogens is 260 g/mol. The molecule has 2 aromatic rings. The van der Waals surface area contributed by atoms with Crippen molar-refractivity contribution in [3.63, 3.8) is 0 Å². The second kappa shape index (κ2) is 5.96. The van der Waals surface area contributed by atoms with Crippen molar-refractivity contribution in [3.05, 3.63) is 41.5 Å². The zero-order chi connectivity index (χ0) is 14.5. The molecule has 0 saturated carbocycles. The maximum Gasteiger partial charge on any atom is 0.151 e. The predicted molar refractivity (Wildman–Crippen MR) is 69.4 cm³/mol. The van der Waals surface area contributed by atoms with E-state index < -0.39 is 12.6 Å². The largest absolute Gasteiger partial charge is 0.546 e. The fourth-order valence-electron chi connectivity index (χ4n) is 1.61. The van der Waals surface area contributed by atoms with Gasteiger partial charge in [0.2, 0.25) is 0 Å². The van der Waals surface area contributed by atoms with Crippen LogP contribution in [0.25, 0.3) is 0 Å². The number of aliphatic carboxylic acids is 1. The molecule has 0 N–H and O–H groups in total. The first-order chi connectivity index (χ1) is 9.58. The average Bonchev–Trinajstić information content (AvgIpc) is 2.74. The molecule has 7 nitrogen and oxygen atoms in total. The highest BCUT2D eigenvalue weighted by atomic mass is 16.5. The summed E-state index contributed by atoms with van der Waals surface area (Å²) in [5.74, 6) is 0.463. The number of carbonyl (C=O) groups excluding carboxylic acids is 1. The first kappa shape index (κ1) is 13.7. The lowest BCUT2D eigenvalue weighted by molar-refractivity contribution is -0.307. The summed E-state index contributed by atoms with van der Waals surface area (Å²) >= 11 is 0. The van der Waals surface area contributed by atoms with Crippen molar-refractivity contribution < 1.29 is 14.6 Å². The SMILES string of the molecule is Cc1nnc(C)n1/N=C\c1ccccc1OCC(=O)[O-]. The summed E-state index contributed by atoms with van der Waals surface area (Å²) in [6.45, 7) is 3.07. The van der Waals surface area contributed by atoms with E-state index in [1.807, 2.05) is 0 Å². The Morgan fingerprint density at radius 2 is 2.00 bits per heavy atom. The van der Waals surface area contributed by atoms with Gasteiger partial charge in [0.15, 0.2) is 11.6 Å². The average molecular weight is 273 g/mol. The summed E-state index contributed by atoms with van der Waals surface area (Å²) in [7, 11) is 0. The number of rotatable bonds is 5. The molecule has 0 atom stereocenters. The number of nitrogens with zero attached hydrogens (tertiary/aromatic N) is 4. The van der Waals surface area contributed by atoms with Gasteiger partial charge in [-0.3, -0.25) is 0 Å². The van der Waals surface area contributed by atoms with Crippen molar-refractivity contribution in [3.8, 4) is 5.75 Å². The first-order valence-corrected chi connectivity index (χ1v) is 5.92. The standard InChI is InChI=1S/C13H14N4O3/c1-9-15-16-10(2)17(9)14-7-11-5-3-4-6-12(11)20-8-13(18)19/h3-7H,8H2,1-2H3,(H,18,19)/p-1/b14-7-. The van der Waals surface area contributed by atoms with E-state index in [-0.39, 0.29) is 0 Å². The van der Waals surface area contributed by atoms with E-state index in [9.17, 15) is 9.90 Å². The third kappa shape index (κ3) is 3.19. The summed E-state index contributed by atoms with van der Waals surface area (Å²) in [5.41, 5.74) is 0.654. The number of para-hydroxylation sites is 1. The summed E-state index contributed by atoms with van der Waals surface area (Å²) in [6, 6.07) is 6.98. The van der Waals surface area contributed by atoms with Gasteiger partial charge in [-0.2, -0.15) is 5.10 Å². The van der Waals surface area contributed by atoms with Crippen LogP contribution < -0.4 is 9.84 Å². The van der Waals surface area contributed by atoms with Gasteiger partial charge in [0.25, 0.3) is 0 Å². The molecule has 0 fully saturated rings. The van der Waals surface area contributed by atoms with Crippen LogP contribution in [0.15, 0.2) is 29.4 Å². The highest BCUT2D eigenvalue weighted by molar-refractivity contribution is 5.83. The Kier molecular flexibility index (Phi) is 4.09. The minimum atomic E-state index is -1.28. The van der Waals surface area contributed by atoms with Crippen molar-refractivity contribution >= 4 is 12.2 Å². The highest BCUT2D eigenvalue weighted by Gasteiger charge is 2.03. The molecule has 0 unspecified atom stereocenters. The molecule has 0 spiro atoms. The van der Waals surface area contributed by atoms with Gasteiger partial charge in [-0.1, -0.05) is 12.1 Å². The zero-order valence-corrected chi connectivity index (χ0v) is 11.1. The van der Waals surface area contributed by atoms with E-state index in [0.29, 0.717) is 23.0 Å². The Bertz CT molecular complexity index is 629. The molecule has 1 aromatic carbocycles. The van der Waals surface area contributed by atoms with Crippen LogP contribution in [0.2, 0.25) is 0 Å². The van der Waals surface area contributed by atoms with E-state index in [4.69, 9.17) is 4.74 Å². The van der Waals surface area contributed by atoms with E-state index in [1.165, 1.54) is 0 Å². The Hall–Kier alpha value is -2.70. The molecule has 2 rings (SSSR count). The molecule has 0 saturated heterocycles. The van der Waals surface area contributed by atoms with Gasteiger partial charge in [-0.25, -0.2) is 4.68 Å². The van der Waals surface area contributed by atoms with Crippen LogP contribution in [0.5, 0.6) is 5.75 Å². The van der Waals surface area contributed by atoms with Crippen LogP contribution in [0, 0.1) is 13.8 Å². The molecular formula is C13H13N4O3-. The summed E-state index contributed by atoms with van der Waals surface area (Å²) in [4.78, 5) is 10.4. The Labute approximate surface area is 115 Å². The molecule has 20 heavy (non-hydrogen) atoms. The second-order valence-corrected chi connectivity index (χ2v) is 4.05. The predicted octanol–water partition coefficient (Wildman–Crippen LogP) is -0.0942. The van der Waals surface area contributed by atoms with Crippen molar-refractivity contribution in [1.29, 1.82) is 0 Å². The zero-order valence-electron chi connectivity index (χ0n) is 11.1. The number of aromatic nitrogens is 3. The summed E-state index contributed by atoms with van der Waals surface area (Å²) in [6.07, 6.45) is 1.56. The van der Waals surface area contributed by atoms with Gasteiger partial charge in [0, 0.05) is 5.56 Å². The third-order valence-electron chi connectivity index (χ3n) is 2.53. The van der Waals surface area contributed by atoms with E-state index >= 15 is 0 Å². The van der Waals surface area contributed by atoms with Gasteiger partial charge in [0.05, 0.1) is 12.2 Å². The van der Waals surface area contributed by atoms with Gasteiger partial charge in [0.1, 0.15) is 12.4 Å². The lowest BCUT2D eigenvalue weighted by Gasteiger charge is -2.09. The van der Waals surface area contributed by atoms with Crippen LogP contribution in [-0.2, 0) is 4.79 Å². The number of carboxylic acids is 1. The van der Waals surface area contributed by atoms with Gasteiger partial charge in [-0.05, 0) is 26.0 Å². The summed E-state index contributed by atoms with van der Waals surface area (Å²) in [5, 5.41) is 22.5. The fraction of sp³-hybridized carbons (Fsp3) is 0.231.